The van der Waals surface area contributed by atoms with Crippen molar-refractivity contribution in [3.8, 4) is 17.6 Å². The predicted molar refractivity (Wildman–Crippen MR) is 93.9 cm³/mol. The molecular weight excluding hydrogens is 309 g/mol. The van der Waals surface area contributed by atoms with Crippen LogP contribution >= 0.6 is 12.2 Å². The largest absolute Gasteiger partial charge is 0.494 e. The molecule has 0 atom stereocenters. The second-order valence-electron chi connectivity index (χ2n) is 4.85. The first kappa shape index (κ1) is 16.9. The average molecular weight is 325 g/mol. The Morgan fingerprint density at radius 2 is 1.78 bits per heavy atom. The van der Waals surface area contributed by atoms with Gasteiger partial charge in [-0.2, -0.15) is 4.99 Å². The third-order valence-corrected chi connectivity index (χ3v) is 3.18. The van der Waals surface area contributed by atoms with Crippen LogP contribution in [0.4, 0.5) is 10.1 Å². The molecule has 0 N–H and O–H groups in total. The summed E-state index contributed by atoms with van der Waals surface area (Å²) in [5.41, 5.74) is 1.59. The fourth-order valence-electron chi connectivity index (χ4n) is 1.84. The van der Waals surface area contributed by atoms with E-state index in [4.69, 9.17) is 4.74 Å². The molecule has 0 aromatic heterocycles. The summed E-state index contributed by atoms with van der Waals surface area (Å²) in [6, 6.07) is 12.1. The van der Waals surface area contributed by atoms with Gasteiger partial charge in [-0.05, 0) is 61.1 Å². The molecule has 0 fully saturated rings. The number of thiocarbonyl (C=S) groups is 1. The molecule has 23 heavy (non-hydrogen) atoms. The molecule has 0 heterocycles. The molecule has 4 heteroatoms. The highest BCUT2D eigenvalue weighted by molar-refractivity contribution is 7.78. The maximum Gasteiger partial charge on any atom is 0.150 e. The van der Waals surface area contributed by atoms with Gasteiger partial charge in [0.05, 0.1) is 11.8 Å². The fourth-order valence-corrected chi connectivity index (χ4v) is 1.94. The van der Waals surface area contributed by atoms with Crippen LogP contribution in [0, 0.1) is 17.7 Å². The van der Waals surface area contributed by atoms with Crippen molar-refractivity contribution in [3.63, 3.8) is 0 Å². The monoisotopic (exact) mass is 325 g/mol. The van der Waals surface area contributed by atoms with Crippen LogP contribution in [0.5, 0.6) is 5.75 Å². The van der Waals surface area contributed by atoms with Crippen LogP contribution in [0.2, 0.25) is 0 Å². The van der Waals surface area contributed by atoms with Gasteiger partial charge in [0.1, 0.15) is 11.4 Å². The first-order valence-corrected chi connectivity index (χ1v) is 7.76. The third-order valence-electron chi connectivity index (χ3n) is 3.09. The van der Waals surface area contributed by atoms with E-state index in [1.54, 1.807) is 6.07 Å². The van der Waals surface area contributed by atoms with Crippen molar-refractivity contribution in [2.45, 2.75) is 19.8 Å². The lowest BCUT2D eigenvalue weighted by Gasteiger charge is -2.04. The van der Waals surface area contributed by atoms with Crippen LogP contribution in [0.3, 0.4) is 0 Å². The molecule has 0 saturated heterocycles. The van der Waals surface area contributed by atoms with E-state index in [9.17, 15) is 4.39 Å². The second-order valence-corrected chi connectivity index (χ2v) is 5.03. The number of isothiocyanates is 1. The van der Waals surface area contributed by atoms with E-state index < -0.39 is 5.82 Å². The number of unbranched alkanes of at least 4 members (excludes halogenated alkanes) is 1. The first-order chi connectivity index (χ1) is 11.2. The lowest BCUT2D eigenvalue weighted by atomic mass is 10.1. The summed E-state index contributed by atoms with van der Waals surface area (Å²) in [5.74, 6) is 6.29. The molecule has 0 amide bonds. The minimum absolute atomic E-state index is 0.166. The molecule has 0 aliphatic rings. The number of ether oxygens (including phenoxy) is 1. The molecule has 2 aromatic carbocycles. The lowest BCUT2D eigenvalue weighted by molar-refractivity contribution is 0.309. The van der Waals surface area contributed by atoms with Gasteiger partial charge in [0.15, 0.2) is 5.82 Å². The molecule has 0 saturated carbocycles. The Labute approximate surface area is 141 Å². The summed E-state index contributed by atoms with van der Waals surface area (Å²) in [7, 11) is 0. The van der Waals surface area contributed by atoms with E-state index in [1.165, 1.54) is 12.1 Å². The van der Waals surface area contributed by atoms with Crippen molar-refractivity contribution in [3.05, 3.63) is 59.4 Å². The third kappa shape index (κ3) is 5.34. The van der Waals surface area contributed by atoms with Gasteiger partial charge in [-0.15, -0.1) is 0 Å². The number of hydrogen-bond donors (Lipinski definition) is 0. The molecule has 2 rings (SSSR count). The summed E-state index contributed by atoms with van der Waals surface area (Å²) in [6.07, 6.45) is 2.14. The van der Waals surface area contributed by atoms with E-state index in [1.807, 2.05) is 24.3 Å². The Hall–Kier alpha value is -2.47. The van der Waals surface area contributed by atoms with Gasteiger partial charge in [0.25, 0.3) is 0 Å². The molecule has 116 valence electrons. The van der Waals surface area contributed by atoms with Crippen LogP contribution in [0.1, 0.15) is 30.9 Å². The Morgan fingerprint density at radius 3 is 2.43 bits per heavy atom. The first-order valence-electron chi connectivity index (χ1n) is 7.35. The zero-order chi connectivity index (χ0) is 16.5. The quantitative estimate of drug-likeness (QED) is 0.329. The summed E-state index contributed by atoms with van der Waals surface area (Å²) >= 11 is 4.46. The Morgan fingerprint density at radius 1 is 1.09 bits per heavy atom. The second kappa shape index (κ2) is 8.85. The van der Waals surface area contributed by atoms with Gasteiger partial charge in [-0.1, -0.05) is 25.2 Å². The summed E-state index contributed by atoms with van der Waals surface area (Å²) in [4.78, 5) is 3.63. The SMILES string of the molecule is CCCCOc1ccc(C#Cc2ccc(N=C=S)c(F)c2)cc1. The van der Waals surface area contributed by atoms with Gasteiger partial charge in [-0.25, -0.2) is 4.39 Å². The summed E-state index contributed by atoms with van der Waals surface area (Å²) in [6.45, 7) is 2.84. The number of aliphatic imine (C=N–C) groups is 1. The van der Waals surface area contributed by atoms with E-state index in [2.05, 4.69) is 41.1 Å². The van der Waals surface area contributed by atoms with E-state index in [-0.39, 0.29) is 5.69 Å². The van der Waals surface area contributed by atoms with E-state index in [0.29, 0.717) is 5.56 Å². The molecule has 0 aliphatic carbocycles. The van der Waals surface area contributed by atoms with Crippen molar-refractivity contribution in [1.82, 2.24) is 0 Å². The zero-order valence-electron chi connectivity index (χ0n) is 12.8. The van der Waals surface area contributed by atoms with Gasteiger partial charge in [0, 0.05) is 11.1 Å². The number of nitrogens with zero attached hydrogens (tertiary/aromatic N) is 1. The molecule has 0 radical (unpaired) electrons. The van der Waals surface area contributed by atoms with E-state index in [0.717, 1.165) is 30.8 Å². The van der Waals surface area contributed by atoms with Crippen LogP contribution in [-0.4, -0.2) is 11.8 Å². The van der Waals surface area contributed by atoms with Gasteiger partial charge < -0.3 is 4.74 Å². The molecule has 2 aromatic rings. The average Bonchev–Trinajstić information content (AvgIpc) is 2.57. The minimum atomic E-state index is -0.464. The predicted octanol–water partition coefficient (Wildman–Crippen LogP) is 5.14. The normalized spacial score (nSPS) is 9.48. The standard InChI is InChI=1S/C19H16FNOS/c1-2-3-12-22-17-9-6-15(7-10-17)4-5-16-8-11-19(21-14-23)18(20)13-16/h6-11,13H,2-3,12H2,1H3. The molecule has 2 nitrogen and oxygen atoms in total. The Kier molecular flexibility index (Phi) is 6.50. The molecular formula is C19H16FNOS. The summed E-state index contributed by atoms with van der Waals surface area (Å²) in [5, 5.41) is 2.15. The Bertz CT molecular complexity index is 768. The molecule has 0 spiro atoms. The van der Waals surface area contributed by atoms with Crippen molar-refractivity contribution < 1.29 is 9.13 Å². The highest BCUT2D eigenvalue weighted by atomic mass is 32.1. The molecule has 0 aliphatic heterocycles. The summed E-state index contributed by atoms with van der Waals surface area (Å²) < 4.78 is 19.3. The topological polar surface area (TPSA) is 21.6 Å². The number of halogens is 1. The maximum absolute atomic E-state index is 13.7. The highest BCUT2D eigenvalue weighted by Gasteiger charge is 2.00. The van der Waals surface area contributed by atoms with Crippen LogP contribution in [-0.2, 0) is 0 Å². The molecule has 0 bridgehead atoms. The lowest BCUT2D eigenvalue weighted by Crippen LogP contribution is -1.95. The Balaban J connectivity index is 2.06. The maximum atomic E-state index is 13.7. The minimum Gasteiger partial charge on any atom is -0.494 e. The van der Waals surface area contributed by atoms with Gasteiger partial charge >= 0.3 is 0 Å². The number of benzene rings is 2. The van der Waals surface area contributed by atoms with Crippen LogP contribution < -0.4 is 4.74 Å². The number of rotatable bonds is 5. The highest BCUT2D eigenvalue weighted by Crippen LogP contribution is 2.18. The van der Waals surface area contributed by atoms with Crippen molar-refractivity contribution in [2.75, 3.05) is 6.61 Å². The van der Waals surface area contributed by atoms with Crippen molar-refractivity contribution >= 4 is 23.1 Å². The van der Waals surface area contributed by atoms with Crippen molar-refractivity contribution in [2.24, 2.45) is 4.99 Å². The smallest absolute Gasteiger partial charge is 0.150 e. The van der Waals surface area contributed by atoms with Crippen LogP contribution in [0.25, 0.3) is 0 Å². The van der Waals surface area contributed by atoms with Gasteiger partial charge in [-0.3, -0.25) is 0 Å². The van der Waals surface area contributed by atoms with Crippen molar-refractivity contribution in [1.29, 1.82) is 0 Å². The molecule has 0 unspecified atom stereocenters. The van der Waals surface area contributed by atoms with Crippen LogP contribution in [0.15, 0.2) is 47.5 Å². The number of hydrogen-bond acceptors (Lipinski definition) is 3. The van der Waals surface area contributed by atoms with E-state index >= 15 is 0 Å². The fraction of sp³-hybridized carbons (Fsp3) is 0.211. The zero-order valence-corrected chi connectivity index (χ0v) is 13.6. The van der Waals surface area contributed by atoms with Gasteiger partial charge in [0.2, 0.25) is 0 Å².